The number of nitrogens with zero attached hydrogens (tertiary/aromatic N) is 2. The average Bonchev–Trinajstić information content (AvgIpc) is 2.35. The highest BCUT2D eigenvalue weighted by Gasteiger charge is 2.29. The molecule has 1 rings (SSSR count). The van der Waals surface area contributed by atoms with Crippen molar-refractivity contribution < 1.29 is 13.2 Å². The molecule has 0 atom stereocenters. The SMILES string of the molecule is COCCNCC1CCN(S(=O)(=O)N(C)C)CC1. The molecule has 0 saturated carbocycles. The Bertz CT molecular complexity index is 324. The minimum absolute atomic E-state index is 0.565. The molecule has 0 aromatic heterocycles. The molecule has 18 heavy (non-hydrogen) atoms. The van der Waals surface area contributed by atoms with Crippen molar-refractivity contribution in [1.29, 1.82) is 0 Å². The number of ether oxygens (including phenoxy) is 1. The summed E-state index contributed by atoms with van der Waals surface area (Å²) in [5.74, 6) is 0.565. The summed E-state index contributed by atoms with van der Waals surface area (Å²) in [6, 6.07) is 0. The van der Waals surface area contributed by atoms with E-state index < -0.39 is 10.2 Å². The zero-order chi connectivity index (χ0) is 13.6. The van der Waals surface area contributed by atoms with Crippen molar-refractivity contribution in [3.05, 3.63) is 0 Å². The molecule has 1 aliphatic heterocycles. The minimum atomic E-state index is -3.23. The van der Waals surface area contributed by atoms with Crippen LogP contribution in [0.5, 0.6) is 0 Å². The van der Waals surface area contributed by atoms with Gasteiger partial charge in [0.1, 0.15) is 0 Å². The molecular weight excluding hydrogens is 254 g/mol. The number of hydrogen-bond donors (Lipinski definition) is 1. The Morgan fingerprint density at radius 1 is 1.33 bits per heavy atom. The Morgan fingerprint density at radius 2 is 1.94 bits per heavy atom. The maximum atomic E-state index is 11.9. The molecule has 0 amide bonds. The number of rotatable bonds is 7. The lowest BCUT2D eigenvalue weighted by Gasteiger charge is -2.32. The Labute approximate surface area is 110 Å². The highest BCUT2D eigenvalue weighted by Crippen LogP contribution is 2.19. The van der Waals surface area contributed by atoms with E-state index in [0.29, 0.717) is 25.6 Å². The fraction of sp³-hybridized carbons (Fsp3) is 1.00. The van der Waals surface area contributed by atoms with Crippen LogP contribution in [0.4, 0.5) is 0 Å². The molecule has 0 aromatic rings. The normalized spacial score (nSPS) is 19.6. The standard InChI is InChI=1S/C11H25N3O3S/c1-13(2)18(15,16)14-7-4-11(5-8-14)10-12-6-9-17-3/h11-12H,4-10H2,1-3H3. The van der Waals surface area contributed by atoms with Gasteiger partial charge in [0.2, 0.25) is 0 Å². The van der Waals surface area contributed by atoms with Gasteiger partial charge < -0.3 is 10.1 Å². The quantitative estimate of drug-likeness (QED) is 0.652. The van der Waals surface area contributed by atoms with E-state index in [2.05, 4.69) is 5.32 Å². The third kappa shape index (κ3) is 4.47. The lowest BCUT2D eigenvalue weighted by atomic mass is 9.98. The summed E-state index contributed by atoms with van der Waals surface area (Å²) in [6.07, 6.45) is 1.85. The fourth-order valence-electron chi connectivity index (χ4n) is 2.06. The first kappa shape index (κ1) is 15.8. The smallest absolute Gasteiger partial charge is 0.281 e. The molecule has 108 valence electrons. The van der Waals surface area contributed by atoms with Crippen LogP contribution in [0, 0.1) is 5.92 Å². The largest absolute Gasteiger partial charge is 0.383 e. The highest BCUT2D eigenvalue weighted by molar-refractivity contribution is 7.86. The van der Waals surface area contributed by atoms with Crippen molar-refractivity contribution in [3.63, 3.8) is 0 Å². The molecule has 1 N–H and O–H groups in total. The molecule has 1 heterocycles. The van der Waals surface area contributed by atoms with Gasteiger partial charge in [-0.05, 0) is 25.3 Å². The van der Waals surface area contributed by atoms with Crippen LogP contribution in [0.2, 0.25) is 0 Å². The minimum Gasteiger partial charge on any atom is -0.383 e. The second kappa shape index (κ2) is 7.40. The van der Waals surface area contributed by atoms with E-state index in [9.17, 15) is 8.42 Å². The Kier molecular flexibility index (Phi) is 6.51. The maximum absolute atomic E-state index is 11.9. The Hall–Kier alpha value is -0.210. The predicted molar refractivity (Wildman–Crippen MR) is 71.6 cm³/mol. The van der Waals surface area contributed by atoms with E-state index in [4.69, 9.17) is 4.74 Å². The van der Waals surface area contributed by atoms with Gasteiger partial charge in [0.05, 0.1) is 6.61 Å². The van der Waals surface area contributed by atoms with E-state index in [1.165, 1.54) is 4.31 Å². The first-order chi connectivity index (χ1) is 8.48. The van der Waals surface area contributed by atoms with E-state index >= 15 is 0 Å². The van der Waals surface area contributed by atoms with Crippen molar-refractivity contribution in [3.8, 4) is 0 Å². The molecule has 0 unspecified atom stereocenters. The van der Waals surface area contributed by atoms with Crippen LogP contribution in [0.25, 0.3) is 0 Å². The zero-order valence-electron chi connectivity index (χ0n) is 11.6. The summed E-state index contributed by atoms with van der Waals surface area (Å²) in [6.45, 7) is 3.76. The first-order valence-electron chi connectivity index (χ1n) is 6.35. The molecular formula is C11H25N3O3S. The lowest BCUT2D eigenvalue weighted by Crippen LogP contribution is -2.45. The van der Waals surface area contributed by atoms with Crippen molar-refractivity contribution in [2.75, 3.05) is 54.0 Å². The molecule has 1 saturated heterocycles. The second-order valence-corrected chi connectivity index (χ2v) is 6.97. The van der Waals surface area contributed by atoms with Crippen LogP contribution in [-0.4, -0.2) is 71.0 Å². The van der Waals surface area contributed by atoms with Crippen LogP contribution >= 0.6 is 0 Å². The van der Waals surface area contributed by atoms with Crippen molar-refractivity contribution >= 4 is 10.2 Å². The maximum Gasteiger partial charge on any atom is 0.281 e. The van der Waals surface area contributed by atoms with Crippen LogP contribution in [0.3, 0.4) is 0 Å². The van der Waals surface area contributed by atoms with Crippen LogP contribution in [0.1, 0.15) is 12.8 Å². The summed E-state index contributed by atoms with van der Waals surface area (Å²) < 4.78 is 31.6. The summed E-state index contributed by atoms with van der Waals surface area (Å²) >= 11 is 0. The number of nitrogens with one attached hydrogen (secondary N) is 1. The van der Waals surface area contributed by atoms with Gasteiger partial charge in [-0.15, -0.1) is 0 Å². The summed E-state index contributed by atoms with van der Waals surface area (Å²) in [7, 11) is 1.61. The van der Waals surface area contributed by atoms with Gasteiger partial charge >= 0.3 is 0 Å². The molecule has 0 aromatic carbocycles. The second-order valence-electron chi connectivity index (χ2n) is 4.83. The van der Waals surface area contributed by atoms with E-state index in [0.717, 1.165) is 25.9 Å². The van der Waals surface area contributed by atoms with Gasteiger partial charge in [0.15, 0.2) is 0 Å². The molecule has 1 fully saturated rings. The zero-order valence-corrected chi connectivity index (χ0v) is 12.4. The Morgan fingerprint density at radius 3 is 2.44 bits per heavy atom. The van der Waals surface area contributed by atoms with Crippen LogP contribution < -0.4 is 5.32 Å². The van der Waals surface area contributed by atoms with Crippen molar-refractivity contribution in [2.24, 2.45) is 5.92 Å². The number of hydrogen-bond acceptors (Lipinski definition) is 4. The van der Waals surface area contributed by atoms with Gasteiger partial charge in [0.25, 0.3) is 10.2 Å². The summed E-state index contributed by atoms with van der Waals surface area (Å²) in [4.78, 5) is 0. The summed E-state index contributed by atoms with van der Waals surface area (Å²) in [5, 5.41) is 3.33. The van der Waals surface area contributed by atoms with Crippen molar-refractivity contribution in [2.45, 2.75) is 12.8 Å². The number of methoxy groups -OCH3 is 1. The molecule has 7 heteroatoms. The van der Waals surface area contributed by atoms with Gasteiger partial charge in [-0.1, -0.05) is 0 Å². The fourth-order valence-corrected chi connectivity index (χ4v) is 3.19. The molecule has 0 bridgehead atoms. The Balaban J connectivity index is 2.29. The van der Waals surface area contributed by atoms with Gasteiger partial charge in [-0.3, -0.25) is 0 Å². The molecule has 0 aliphatic carbocycles. The lowest BCUT2D eigenvalue weighted by molar-refractivity contribution is 0.193. The van der Waals surface area contributed by atoms with Gasteiger partial charge in [-0.2, -0.15) is 17.0 Å². The third-order valence-electron chi connectivity index (χ3n) is 3.28. The topological polar surface area (TPSA) is 61.9 Å². The van der Waals surface area contributed by atoms with E-state index in [-0.39, 0.29) is 0 Å². The van der Waals surface area contributed by atoms with Crippen LogP contribution in [-0.2, 0) is 14.9 Å². The van der Waals surface area contributed by atoms with Gasteiger partial charge in [-0.25, -0.2) is 0 Å². The van der Waals surface area contributed by atoms with E-state index in [1.54, 1.807) is 25.5 Å². The average molecular weight is 279 g/mol. The van der Waals surface area contributed by atoms with Gasteiger partial charge in [0, 0.05) is 40.8 Å². The summed E-state index contributed by atoms with van der Waals surface area (Å²) in [5.41, 5.74) is 0. The van der Waals surface area contributed by atoms with E-state index in [1.807, 2.05) is 0 Å². The first-order valence-corrected chi connectivity index (χ1v) is 7.75. The van der Waals surface area contributed by atoms with Crippen LogP contribution in [0.15, 0.2) is 0 Å². The molecule has 1 aliphatic rings. The molecule has 0 radical (unpaired) electrons. The molecule has 6 nitrogen and oxygen atoms in total. The highest BCUT2D eigenvalue weighted by atomic mass is 32.2. The number of piperidine rings is 1. The third-order valence-corrected chi connectivity index (χ3v) is 5.22. The van der Waals surface area contributed by atoms with Crippen molar-refractivity contribution in [1.82, 2.24) is 13.9 Å². The molecule has 0 spiro atoms. The predicted octanol–water partition coefficient (Wildman–Crippen LogP) is -0.259. The monoisotopic (exact) mass is 279 g/mol.